The summed E-state index contributed by atoms with van der Waals surface area (Å²) in [5.41, 5.74) is 2.22. The minimum atomic E-state index is -0.200. The molecule has 3 saturated carbocycles. The van der Waals surface area contributed by atoms with Gasteiger partial charge in [0.1, 0.15) is 0 Å². The predicted octanol–water partition coefficient (Wildman–Crippen LogP) is 4.93. The highest BCUT2D eigenvalue weighted by Gasteiger charge is 2.56. The number of guanidine groups is 1. The maximum atomic E-state index is 14.2. The average Bonchev–Trinajstić information content (AvgIpc) is 3.04. The van der Waals surface area contributed by atoms with E-state index in [1.165, 1.54) is 6.42 Å². The second kappa shape index (κ2) is 13.4. The number of hydrogen-bond donors (Lipinski definition) is 3. The van der Waals surface area contributed by atoms with Gasteiger partial charge >= 0.3 is 0 Å². The van der Waals surface area contributed by atoms with Crippen molar-refractivity contribution in [2.24, 2.45) is 28.2 Å². The van der Waals surface area contributed by atoms with Gasteiger partial charge in [-0.05, 0) is 92.2 Å². The summed E-state index contributed by atoms with van der Waals surface area (Å²) in [6.07, 6.45) is 2.76. The smallest absolute Gasteiger partial charge is 0.262 e. The highest BCUT2D eigenvalue weighted by atomic mass is 35.5. The topological polar surface area (TPSA) is 124 Å². The van der Waals surface area contributed by atoms with E-state index in [0.717, 1.165) is 17.7 Å². The third kappa shape index (κ3) is 6.66. The fourth-order valence-corrected chi connectivity index (χ4v) is 9.14. The number of anilines is 2. The number of piperazine rings is 2. The van der Waals surface area contributed by atoms with Crippen LogP contribution in [0.25, 0.3) is 10.9 Å². The number of aliphatic imine (C=N–C) groups is 1. The summed E-state index contributed by atoms with van der Waals surface area (Å²) in [6, 6.07) is 10.9. The number of benzene rings is 2. The lowest BCUT2D eigenvalue weighted by Gasteiger charge is -2.61. The number of amides is 2. The quantitative estimate of drug-likeness (QED) is 0.244. The molecule has 11 nitrogen and oxygen atoms in total. The molecule has 2 aromatic carbocycles. The Morgan fingerprint density at radius 2 is 1.72 bits per heavy atom. The molecule has 0 radical (unpaired) electrons. The Hall–Kier alpha value is -3.83. The Morgan fingerprint density at radius 3 is 2.40 bits per heavy atom. The molecule has 2 saturated heterocycles. The Morgan fingerprint density at radius 1 is 0.980 bits per heavy atom. The number of nitrogens with zero attached hydrogens (tertiary/aromatic N) is 5. The monoisotopic (exact) mass is 720 g/mol. The van der Waals surface area contributed by atoms with Crippen LogP contribution < -0.4 is 26.4 Å². The molecule has 266 valence electrons. The molecule has 8 rings (SSSR count). The van der Waals surface area contributed by atoms with Crippen LogP contribution in [0.4, 0.5) is 11.6 Å². The van der Waals surface area contributed by atoms with Crippen molar-refractivity contribution in [2.45, 2.75) is 78.6 Å². The molecule has 1 aromatic heterocycles. The van der Waals surface area contributed by atoms with Gasteiger partial charge in [-0.25, -0.2) is 9.98 Å². The second-order valence-corrected chi connectivity index (χ2v) is 16.2. The molecule has 3 aliphatic carbocycles. The molecule has 3 aromatic rings. The van der Waals surface area contributed by atoms with Crippen molar-refractivity contribution in [3.05, 3.63) is 62.4 Å². The molecule has 5 aliphatic rings. The summed E-state index contributed by atoms with van der Waals surface area (Å²) in [7, 11) is 0. The third-order valence-corrected chi connectivity index (χ3v) is 12.1. The van der Waals surface area contributed by atoms with E-state index < -0.39 is 0 Å². The molecule has 3 heterocycles. The van der Waals surface area contributed by atoms with Gasteiger partial charge in [-0.3, -0.25) is 19.0 Å². The summed E-state index contributed by atoms with van der Waals surface area (Å²) < 4.78 is 1.64. The number of halogens is 2. The zero-order chi connectivity index (χ0) is 35.5. The number of carbonyl (C=O) groups excluding carboxylic acids is 2. The van der Waals surface area contributed by atoms with Gasteiger partial charge in [0, 0.05) is 47.5 Å². The zero-order valence-corrected chi connectivity index (χ0v) is 30.8. The van der Waals surface area contributed by atoms with Gasteiger partial charge in [0.15, 0.2) is 5.96 Å². The Kier molecular flexibility index (Phi) is 9.26. The van der Waals surface area contributed by atoms with Crippen LogP contribution in [0.15, 0.2) is 46.2 Å². The fourth-order valence-electron chi connectivity index (χ4n) is 8.64. The summed E-state index contributed by atoms with van der Waals surface area (Å²) in [5, 5.41) is 11.1. The average molecular weight is 722 g/mol. The van der Waals surface area contributed by atoms with Crippen molar-refractivity contribution in [3.63, 3.8) is 0 Å². The first-order chi connectivity index (χ1) is 23.8. The number of fused-ring (bicyclic) bond motifs is 3. The molecule has 2 aliphatic heterocycles. The van der Waals surface area contributed by atoms with Crippen LogP contribution in [0, 0.1) is 23.2 Å². The minimum Gasteiger partial charge on any atom is -0.350 e. The van der Waals surface area contributed by atoms with Gasteiger partial charge in [0.2, 0.25) is 17.8 Å². The van der Waals surface area contributed by atoms with Crippen LogP contribution in [0.2, 0.25) is 10.0 Å². The van der Waals surface area contributed by atoms with Gasteiger partial charge in [-0.1, -0.05) is 50.0 Å². The first-order valence-electron chi connectivity index (χ1n) is 17.7. The zero-order valence-electron chi connectivity index (χ0n) is 29.3. The lowest BCUT2D eigenvalue weighted by Crippen LogP contribution is -2.58. The number of carbonyl (C=O) groups is 2. The standard InChI is InChI=1S/C37H46Cl2N8O3/c1-20-16-45(18-32(48)40-20)35(43-30-13-24-12-28(22(30)3)37(24,4)5)42-26-8-9-27-31(15-26)44-36(46-17-21(2)41-33(49)19-46)47(34(27)50)11-10-23-6-7-25(38)14-29(23)39/h6-9,14-15,20-22,24,28,30H,10-13,16-19H2,1-5H3,(H,40,48)(H,41,49)(H,42,43)/t20-,21-,22-,24-,28+,30-/m0/s1. The molecule has 3 N–H and O–H groups in total. The molecule has 0 spiro atoms. The van der Waals surface area contributed by atoms with Crippen LogP contribution in [0.1, 0.15) is 53.0 Å². The first kappa shape index (κ1) is 34.6. The van der Waals surface area contributed by atoms with E-state index in [0.29, 0.717) is 82.1 Å². The second-order valence-electron chi connectivity index (χ2n) is 15.4. The van der Waals surface area contributed by atoms with E-state index in [1.807, 2.05) is 41.8 Å². The van der Waals surface area contributed by atoms with E-state index in [4.69, 9.17) is 33.2 Å². The molecule has 5 fully saturated rings. The number of rotatable bonds is 6. The molecular formula is C37H46Cl2N8O3. The number of aromatic nitrogens is 2. The lowest BCUT2D eigenvalue weighted by molar-refractivity contribution is -0.124. The predicted molar refractivity (Wildman–Crippen MR) is 199 cm³/mol. The highest BCUT2D eigenvalue weighted by molar-refractivity contribution is 6.35. The Labute approximate surface area is 302 Å². The third-order valence-electron chi connectivity index (χ3n) is 11.5. The van der Waals surface area contributed by atoms with Gasteiger partial charge in [-0.2, -0.15) is 0 Å². The van der Waals surface area contributed by atoms with Gasteiger partial charge in [0.25, 0.3) is 5.56 Å². The van der Waals surface area contributed by atoms with Crippen molar-refractivity contribution in [2.75, 3.05) is 36.4 Å². The normalized spacial score (nSPS) is 27.9. The Balaban J connectivity index is 1.25. The van der Waals surface area contributed by atoms with Crippen LogP contribution in [0.5, 0.6) is 0 Å². The minimum absolute atomic E-state index is 0.0226. The summed E-state index contributed by atoms with van der Waals surface area (Å²) in [6.45, 7) is 12.8. The molecule has 2 bridgehead atoms. The molecule has 6 atom stereocenters. The molecule has 2 amide bonds. The number of hydrogen-bond acceptors (Lipinski definition) is 6. The van der Waals surface area contributed by atoms with Crippen molar-refractivity contribution in [1.82, 2.24) is 25.1 Å². The SMILES string of the molecule is C[C@@H]1[C@@H](N=C(Nc2ccc3c(=O)n(CCc4ccc(Cl)cc4Cl)c(N4CC(=O)N[C@@H](C)C4)nc3c2)N2CC(=O)N[C@@H](C)C2)C[C@@H]2C[C@H]1C2(C)C. The van der Waals surface area contributed by atoms with Gasteiger partial charge < -0.3 is 25.8 Å². The molecule has 0 unspecified atom stereocenters. The van der Waals surface area contributed by atoms with Gasteiger partial charge in [-0.15, -0.1) is 0 Å². The van der Waals surface area contributed by atoms with E-state index >= 15 is 0 Å². The number of aryl methyl sites for hydroxylation is 1. The van der Waals surface area contributed by atoms with Crippen molar-refractivity contribution < 1.29 is 9.59 Å². The summed E-state index contributed by atoms with van der Waals surface area (Å²) in [4.78, 5) is 53.8. The number of nitrogens with one attached hydrogen (secondary N) is 3. The summed E-state index contributed by atoms with van der Waals surface area (Å²) in [5.74, 6) is 2.62. The lowest BCUT2D eigenvalue weighted by atomic mass is 9.45. The van der Waals surface area contributed by atoms with Crippen LogP contribution in [-0.2, 0) is 22.6 Å². The highest BCUT2D eigenvalue weighted by Crippen LogP contribution is 2.61. The Bertz CT molecular complexity index is 1930. The van der Waals surface area contributed by atoms with Crippen LogP contribution in [0.3, 0.4) is 0 Å². The van der Waals surface area contributed by atoms with E-state index in [9.17, 15) is 14.4 Å². The van der Waals surface area contributed by atoms with Crippen molar-refractivity contribution >= 4 is 63.5 Å². The largest absolute Gasteiger partial charge is 0.350 e. The maximum absolute atomic E-state index is 14.2. The van der Waals surface area contributed by atoms with Crippen LogP contribution in [-0.4, -0.2) is 76.5 Å². The van der Waals surface area contributed by atoms with Crippen molar-refractivity contribution in [3.8, 4) is 0 Å². The summed E-state index contributed by atoms with van der Waals surface area (Å²) >= 11 is 12.6. The van der Waals surface area contributed by atoms with Crippen molar-refractivity contribution in [1.29, 1.82) is 0 Å². The molecular weight excluding hydrogens is 675 g/mol. The van der Waals surface area contributed by atoms with E-state index in [2.05, 4.69) is 36.7 Å². The first-order valence-corrected chi connectivity index (χ1v) is 18.4. The molecule has 50 heavy (non-hydrogen) atoms. The maximum Gasteiger partial charge on any atom is 0.262 e. The molecule has 13 heteroatoms. The van der Waals surface area contributed by atoms with Gasteiger partial charge in [0.05, 0.1) is 30.0 Å². The fraction of sp³-hybridized carbons (Fsp3) is 0.541. The van der Waals surface area contributed by atoms with Crippen LogP contribution >= 0.6 is 23.2 Å². The van der Waals surface area contributed by atoms with E-state index in [1.54, 1.807) is 22.8 Å². The van der Waals surface area contributed by atoms with E-state index in [-0.39, 0.29) is 48.6 Å².